The summed E-state index contributed by atoms with van der Waals surface area (Å²) in [5.74, 6) is 0. The summed E-state index contributed by atoms with van der Waals surface area (Å²) in [6.45, 7) is 4.56. The smallest absolute Gasteiger partial charge is 0.124 e. The van der Waals surface area contributed by atoms with E-state index in [1.54, 1.807) is 18.0 Å². The van der Waals surface area contributed by atoms with E-state index in [2.05, 4.69) is 18.9 Å². The number of nitrogens with zero attached hydrogens (tertiary/aromatic N) is 2. The van der Waals surface area contributed by atoms with Crippen molar-refractivity contribution in [1.82, 2.24) is 9.78 Å². The van der Waals surface area contributed by atoms with Gasteiger partial charge in [0.2, 0.25) is 0 Å². The van der Waals surface area contributed by atoms with Crippen LogP contribution in [0.2, 0.25) is 0 Å². The Labute approximate surface area is 109 Å². The second-order valence-electron chi connectivity index (χ2n) is 6.22. The first-order valence-electron chi connectivity index (χ1n) is 6.61. The summed E-state index contributed by atoms with van der Waals surface area (Å²) in [4.78, 5) is 0. The summed E-state index contributed by atoms with van der Waals surface area (Å²) in [5, 5.41) is 14.8. The lowest BCUT2D eigenvalue weighted by molar-refractivity contribution is -0.140. The van der Waals surface area contributed by atoms with Gasteiger partial charge in [-0.15, -0.1) is 0 Å². The first-order valence-corrected chi connectivity index (χ1v) is 6.61. The van der Waals surface area contributed by atoms with Gasteiger partial charge in [-0.2, -0.15) is 5.10 Å². The molecule has 1 atom stereocenters. The van der Waals surface area contributed by atoms with Crippen molar-refractivity contribution < 1.29 is 9.84 Å². The van der Waals surface area contributed by atoms with Crippen LogP contribution in [-0.2, 0) is 11.8 Å². The fourth-order valence-corrected chi connectivity index (χ4v) is 2.86. The van der Waals surface area contributed by atoms with Crippen LogP contribution in [0.4, 0.5) is 0 Å². The Balaban J connectivity index is 2.21. The molecule has 1 aliphatic rings. The van der Waals surface area contributed by atoms with E-state index in [4.69, 9.17) is 4.74 Å². The Hall–Kier alpha value is -0.870. The molecule has 0 aromatic carbocycles. The normalized spacial score (nSPS) is 23.8. The lowest BCUT2D eigenvalue weighted by atomic mass is 9.68. The van der Waals surface area contributed by atoms with Crippen LogP contribution in [0.25, 0.3) is 0 Å². The molecule has 0 radical (unpaired) electrons. The molecule has 1 unspecified atom stereocenters. The van der Waals surface area contributed by atoms with Gasteiger partial charge in [-0.25, -0.2) is 0 Å². The van der Waals surface area contributed by atoms with Crippen molar-refractivity contribution in [3.63, 3.8) is 0 Å². The molecule has 1 heterocycles. The maximum Gasteiger partial charge on any atom is 0.124 e. The summed E-state index contributed by atoms with van der Waals surface area (Å²) < 4.78 is 7.45. The predicted octanol–water partition coefficient (Wildman–Crippen LogP) is 2.44. The number of rotatable bonds is 3. The van der Waals surface area contributed by atoms with E-state index in [1.165, 1.54) is 0 Å². The van der Waals surface area contributed by atoms with Crippen molar-refractivity contribution in [2.75, 3.05) is 7.11 Å². The van der Waals surface area contributed by atoms with Crippen LogP contribution in [0.3, 0.4) is 0 Å². The van der Waals surface area contributed by atoms with Crippen LogP contribution in [0.15, 0.2) is 12.3 Å². The van der Waals surface area contributed by atoms with E-state index in [0.717, 1.165) is 31.4 Å². The van der Waals surface area contributed by atoms with E-state index in [0.29, 0.717) is 5.41 Å². The molecule has 4 heteroatoms. The molecule has 0 amide bonds. The highest BCUT2D eigenvalue weighted by atomic mass is 16.5. The van der Waals surface area contributed by atoms with Crippen molar-refractivity contribution in [3.8, 4) is 0 Å². The number of aryl methyl sites for hydroxylation is 1. The van der Waals surface area contributed by atoms with Crippen molar-refractivity contribution in [3.05, 3.63) is 18.0 Å². The number of methoxy groups -OCH3 is 1. The molecule has 102 valence electrons. The molecular formula is C14H24N2O2. The van der Waals surface area contributed by atoms with E-state index in [9.17, 15) is 5.11 Å². The van der Waals surface area contributed by atoms with Crippen LogP contribution in [0.5, 0.6) is 0 Å². The van der Waals surface area contributed by atoms with Crippen LogP contribution >= 0.6 is 0 Å². The second-order valence-corrected chi connectivity index (χ2v) is 6.22. The van der Waals surface area contributed by atoms with Gasteiger partial charge >= 0.3 is 0 Å². The Kier molecular flexibility index (Phi) is 3.52. The first kappa shape index (κ1) is 13.6. The number of hydrogen-bond acceptors (Lipinski definition) is 3. The largest absolute Gasteiger partial charge is 0.384 e. The molecule has 1 aromatic heterocycles. The predicted molar refractivity (Wildman–Crippen MR) is 70.2 cm³/mol. The van der Waals surface area contributed by atoms with Gasteiger partial charge < -0.3 is 9.84 Å². The van der Waals surface area contributed by atoms with Gasteiger partial charge in [-0.1, -0.05) is 13.8 Å². The maximum absolute atomic E-state index is 10.6. The molecule has 1 aliphatic carbocycles. The number of aliphatic hydroxyl groups excluding tert-OH is 1. The molecule has 2 rings (SSSR count). The SMILES string of the molecule is COC1(C(O)c2ccnn2C)CCC(C)(C)CC1. The minimum absolute atomic E-state index is 0.355. The van der Waals surface area contributed by atoms with Gasteiger partial charge in [0.15, 0.2) is 0 Å². The molecule has 0 spiro atoms. The number of ether oxygens (including phenoxy) is 1. The number of hydrogen-bond donors (Lipinski definition) is 1. The van der Waals surface area contributed by atoms with E-state index >= 15 is 0 Å². The monoisotopic (exact) mass is 252 g/mol. The van der Waals surface area contributed by atoms with Crippen molar-refractivity contribution in [2.45, 2.75) is 51.2 Å². The summed E-state index contributed by atoms with van der Waals surface area (Å²) in [6.07, 6.45) is 5.05. The van der Waals surface area contributed by atoms with Crippen molar-refractivity contribution in [2.24, 2.45) is 12.5 Å². The van der Waals surface area contributed by atoms with Gasteiger partial charge in [0, 0.05) is 20.4 Å². The van der Waals surface area contributed by atoms with Gasteiger partial charge in [0.05, 0.1) is 11.3 Å². The molecule has 18 heavy (non-hydrogen) atoms. The van der Waals surface area contributed by atoms with Gasteiger partial charge in [0.25, 0.3) is 0 Å². The zero-order chi connectivity index (χ0) is 13.4. The molecule has 1 fully saturated rings. The Bertz CT molecular complexity index is 402. The standard InChI is InChI=1S/C14H24N2O2/c1-13(2)6-8-14(18-4,9-7-13)12(17)11-5-10-15-16(11)3/h5,10,12,17H,6-9H2,1-4H3. The molecule has 1 N–H and O–H groups in total. The summed E-state index contributed by atoms with van der Waals surface area (Å²) >= 11 is 0. The highest BCUT2D eigenvalue weighted by molar-refractivity contribution is 5.11. The van der Waals surface area contributed by atoms with E-state index in [1.807, 2.05) is 13.1 Å². The summed E-state index contributed by atoms with van der Waals surface area (Å²) in [5.41, 5.74) is 0.730. The summed E-state index contributed by atoms with van der Waals surface area (Å²) in [7, 11) is 3.56. The van der Waals surface area contributed by atoms with Gasteiger partial charge in [-0.3, -0.25) is 4.68 Å². The highest BCUT2D eigenvalue weighted by Gasteiger charge is 2.45. The zero-order valence-corrected chi connectivity index (χ0v) is 11.8. The minimum atomic E-state index is -0.605. The molecular weight excluding hydrogens is 228 g/mol. The van der Waals surface area contributed by atoms with Crippen molar-refractivity contribution in [1.29, 1.82) is 0 Å². The van der Waals surface area contributed by atoms with E-state index in [-0.39, 0.29) is 0 Å². The fraction of sp³-hybridized carbons (Fsp3) is 0.786. The molecule has 1 aromatic rings. The lowest BCUT2D eigenvalue weighted by Crippen LogP contribution is -2.44. The minimum Gasteiger partial charge on any atom is -0.384 e. The molecule has 1 saturated carbocycles. The van der Waals surface area contributed by atoms with Crippen LogP contribution in [-0.4, -0.2) is 27.6 Å². The topological polar surface area (TPSA) is 47.3 Å². The Morgan fingerprint density at radius 3 is 2.39 bits per heavy atom. The maximum atomic E-state index is 10.6. The molecule has 0 bridgehead atoms. The average molecular weight is 252 g/mol. The molecule has 4 nitrogen and oxygen atoms in total. The zero-order valence-electron chi connectivity index (χ0n) is 11.8. The van der Waals surface area contributed by atoms with Gasteiger partial charge in [-0.05, 0) is 37.2 Å². The fourth-order valence-electron chi connectivity index (χ4n) is 2.86. The molecule has 0 aliphatic heterocycles. The number of aromatic nitrogens is 2. The third-order valence-corrected chi connectivity index (χ3v) is 4.49. The van der Waals surface area contributed by atoms with Crippen LogP contribution in [0.1, 0.15) is 51.3 Å². The second kappa shape index (κ2) is 4.67. The lowest BCUT2D eigenvalue weighted by Gasteiger charge is -2.45. The van der Waals surface area contributed by atoms with Crippen molar-refractivity contribution >= 4 is 0 Å². The average Bonchev–Trinajstić information content (AvgIpc) is 2.75. The van der Waals surface area contributed by atoms with Crippen LogP contribution in [0, 0.1) is 5.41 Å². The summed E-state index contributed by atoms with van der Waals surface area (Å²) in [6, 6.07) is 1.87. The Morgan fingerprint density at radius 2 is 1.94 bits per heavy atom. The number of aliphatic hydroxyl groups is 1. The first-order chi connectivity index (χ1) is 8.40. The highest BCUT2D eigenvalue weighted by Crippen LogP contribution is 2.47. The van der Waals surface area contributed by atoms with E-state index < -0.39 is 11.7 Å². The van der Waals surface area contributed by atoms with Crippen LogP contribution < -0.4 is 0 Å². The third kappa shape index (κ3) is 2.31. The molecule has 0 saturated heterocycles. The van der Waals surface area contributed by atoms with Gasteiger partial charge in [0.1, 0.15) is 6.10 Å². The Morgan fingerprint density at radius 1 is 1.33 bits per heavy atom. The quantitative estimate of drug-likeness (QED) is 0.898. The third-order valence-electron chi connectivity index (χ3n) is 4.49.